The number of rotatable bonds is 8. The Kier molecular flexibility index (Phi) is 6.62. The highest BCUT2D eigenvalue weighted by Crippen LogP contribution is 2.25. The fourth-order valence-corrected chi connectivity index (χ4v) is 3.22. The molecule has 0 aliphatic heterocycles. The summed E-state index contributed by atoms with van der Waals surface area (Å²) in [6.45, 7) is 4.63. The second kappa shape index (κ2) is 8.70. The lowest BCUT2D eigenvalue weighted by molar-refractivity contribution is -0.127. The first-order valence-corrected chi connectivity index (χ1v) is 8.51. The maximum atomic E-state index is 12.1. The van der Waals surface area contributed by atoms with Gasteiger partial charge in [0, 0.05) is 4.88 Å². The Morgan fingerprint density at radius 1 is 1.26 bits per heavy atom. The highest BCUT2D eigenvalue weighted by Gasteiger charge is 2.19. The molecule has 0 saturated carbocycles. The van der Waals surface area contributed by atoms with Crippen LogP contribution in [0.4, 0.5) is 0 Å². The topological polar surface area (TPSA) is 47.6 Å². The summed E-state index contributed by atoms with van der Waals surface area (Å²) in [5, 5.41) is 5.07. The monoisotopic (exact) mass is 333 g/mol. The molecule has 0 radical (unpaired) electrons. The van der Waals surface area contributed by atoms with E-state index in [9.17, 15) is 4.79 Å². The molecule has 1 atom stereocenters. The smallest absolute Gasteiger partial charge is 0.246 e. The van der Waals surface area contributed by atoms with Gasteiger partial charge >= 0.3 is 0 Å². The lowest BCUT2D eigenvalue weighted by atomic mass is 10.0. The number of benzene rings is 1. The van der Waals surface area contributed by atoms with Crippen LogP contribution in [0, 0.1) is 5.92 Å². The highest BCUT2D eigenvalue weighted by molar-refractivity contribution is 7.10. The molecule has 2 rings (SSSR count). The van der Waals surface area contributed by atoms with Crippen LogP contribution >= 0.6 is 11.3 Å². The van der Waals surface area contributed by atoms with Crippen LogP contribution in [0.3, 0.4) is 0 Å². The van der Waals surface area contributed by atoms with Crippen molar-refractivity contribution in [3.05, 3.63) is 52.2 Å². The van der Waals surface area contributed by atoms with Crippen molar-refractivity contribution in [2.75, 3.05) is 13.7 Å². The van der Waals surface area contributed by atoms with E-state index in [1.165, 1.54) is 4.88 Å². The minimum Gasteiger partial charge on any atom is -0.497 e. The maximum absolute atomic E-state index is 12.1. The van der Waals surface area contributed by atoms with Crippen molar-refractivity contribution in [1.29, 1.82) is 0 Å². The van der Waals surface area contributed by atoms with Crippen molar-refractivity contribution in [3.63, 3.8) is 0 Å². The second-order valence-corrected chi connectivity index (χ2v) is 6.63. The van der Waals surface area contributed by atoms with Gasteiger partial charge in [0.1, 0.15) is 12.4 Å². The van der Waals surface area contributed by atoms with Crippen LogP contribution in [0.15, 0.2) is 41.8 Å². The van der Waals surface area contributed by atoms with Crippen molar-refractivity contribution < 1.29 is 14.3 Å². The molecule has 2 aromatic rings. The Balaban J connectivity index is 1.82. The zero-order valence-corrected chi connectivity index (χ0v) is 14.6. The number of methoxy groups -OCH3 is 1. The lowest BCUT2D eigenvalue weighted by Gasteiger charge is -2.21. The lowest BCUT2D eigenvalue weighted by Crippen LogP contribution is -2.33. The van der Waals surface area contributed by atoms with Gasteiger partial charge in [0.05, 0.1) is 19.8 Å². The van der Waals surface area contributed by atoms with Crippen LogP contribution < -0.4 is 10.1 Å². The van der Waals surface area contributed by atoms with Crippen LogP contribution in [0.25, 0.3) is 0 Å². The minimum absolute atomic E-state index is 0.0305. The number of hydrogen-bond acceptors (Lipinski definition) is 4. The first kappa shape index (κ1) is 17.5. The summed E-state index contributed by atoms with van der Waals surface area (Å²) in [7, 11) is 1.63. The van der Waals surface area contributed by atoms with Crippen LogP contribution in [0.1, 0.15) is 30.3 Å². The molecule has 0 bridgehead atoms. The van der Waals surface area contributed by atoms with Gasteiger partial charge < -0.3 is 14.8 Å². The zero-order chi connectivity index (χ0) is 16.7. The molecule has 0 aliphatic carbocycles. The first-order chi connectivity index (χ1) is 11.1. The van der Waals surface area contributed by atoms with E-state index in [4.69, 9.17) is 9.47 Å². The van der Waals surface area contributed by atoms with E-state index in [1.54, 1.807) is 18.4 Å². The van der Waals surface area contributed by atoms with Gasteiger partial charge in [-0.2, -0.15) is 0 Å². The van der Waals surface area contributed by atoms with E-state index in [1.807, 2.05) is 41.8 Å². The van der Waals surface area contributed by atoms with Crippen LogP contribution in [0.2, 0.25) is 0 Å². The predicted molar refractivity (Wildman–Crippen MR) is 92.7 cm³/mol. The molecular weight excluding hydrogens is 310 g/mol. The first-order valence-electron chi connectivity index (χ1n) is 7.63. The molecule has 124 valence electrons. The summed E-state index contributed by atoms with van der Waals surface area (Å²) in [4.78, 5) is 13.3. The fourth-order valence-electron chi connectivity index (χ4n) is 2.27. The van der Waals surface area contributed by atoms with E-state index in [-0.39, 0.29) is 18.6 Å². The Labute approximate surface area is 141 Å². The van der Waals surface area contributed by atoms with Crippen molar-refractivity contribution >= 4 is 17.2 Å². The summed E-state index contributed by atoms with van der Waals surface area (Å²) >= 11 is 1.66. The van der Waals surface area contributed by atoms with Crippen molar-refractivity contribution in [1.82, 2.24) is 5.32 Å². The Bertz CT molecular complexity index is 610. The third kappa shape index (κ3) is 5.37. The van der Waals surface area contributed by atoms with Gasteiger partial charge in [0.25, 0.3) is 0 Å². The van der Waals surface area contributed by atoms with E-state index >= 15 is 0 Å². The summed E-state index contributed by atoms with van der Waals surface area (Å²) in [5.41, 5.74) is 0.982. The molecule has 1 heterocycles. The Morgan fingerprint density at radius 2 is 2.09 bits per heavy atom. The van der Waals surface area contributed by atoms with Crippen LogP contribution in [0.5, 0.6) is 5.75 Å². The third-order valence-electron chi connectivity index (χ3n) is 3.47. The summed E-state index contributed by atoms with van der Waals surface area (Å²) in [6.07, 6.45) is 0. The molecular formula is C18H23NO3S. The van der Waals surface area contributed by atoms with Crippen LogP contribution in [-0.2, 0) is 16.1 Å². The maximum Gasteiger partial charge on any atom is 0.246 e. The molecule has 23 heavy (non-hydrogen) atoms. The van der Waals surface area contributed by atoms with Gasteiger partial charge in [0.2, 0.25) is 5.91 Å². The number of ether oxygens (including phenoxy) is 2. The summed E-state index contributed by atoms with van der Waals surface area (Å²) < 4.78 is 10.7. The Morgan fingerprint density at radius 3 is 2.74 bits per heavy atom. The van der Waals surface area contributed by atoms with E-state index in [2.05, 4.69) is 19.2 Å². The molecule has 1 unspecified atom stereocenters. The van der Waals surface area contributed by atoms with Gasteiger partial charge in [-0.05, 0) is 35.1 Å². The molecule has 1 aromatic carbocycles. The van der Waals surface area contributed by atoms with E-state index in [0.29, 0.717) is 12.5 Å². The molecule has 0 saturated heterocycles. The quantitative estimate of drug-likeness (QED) is 0.799. The van der Waals surface area contributed by atoms with Crippen molar-refractivity contribution in [3.8, 4) is 5.75 Å². The predicted octanol–water partition coefficient (Wildman–Crippen LogP) is 3.79. The van der Waals surface area contributed by atoms with Crippen LogP contribution in [-0.4, -0.2) is 19.6 Å². The normalized spacial score (nSPS) is 12.2. The molecule has 1 amide bonds. The average molecular weight is 333 g/mol. The van der Waals surface area contributed by atoms with Gasteiger partial charge in [0.15, 0.2) is 0 Å². The van der Waals surface area contributed by atoms with E-state index < -0.39 is 0 Å². The number of nitrogens with one attached hydrogen (secondary N) is 1. The highest BCUT2D eigenvalue weighted by atomic mass is 32.1. The van der Waals surface area contributed by atoms with Gasteiger partial charge in [-0.15, -0.1) is 11.3 Å². The zero-order valence-electron chi connectivity index (χ0n) is 13.7. The average Bonchev–Trinajstić information content (AvgIpc) is 3.06. The van der Waals surface area contributed by atoms with Gasteiger partial charge in [-0.3, -0.25) is 4.79 Å². The number of hydrogen-bond donors (Lipinski definition) is 1. The van der Waals surface area contributed by atoms with Gasteiger partial charge in [-0.25, -0.2) is 0 Å². The number of thiophene rings is 1. The largest absolute Gasteiger partial charge is 0.497 e. The molecule has 4 nitrogen and oxygen atoms in total. The summed E-state index contributed by atoms with van der Waals surface area (Å²) in [6, 6.07) is 11.7. The minimum atomic E-state index is -0.0972. The number of carbonyl (C=O) groups is 1. The second-order valence-electron chi connectivity index (χ2n) is 5.65. The standard InChI is InChI=1S/C18H23NO3S/c1-13(2)18(16-8-5-9-23-16)19-17(20)12-22-11-14-6-4-7-15(10-14)21-3/h4-10,13,18H,11-12H2,1-3H3,(H,19,20). The van der Waals surface area contributed by atoms with Crippen molar-refractivity contribution in [2.24, 2.45) is 5.92 Å². The fraction of sp³-hybridized carbons (Fsp3) is 0.389. The number of carbonyl (C=O) groups excluding carboxylic acids is 1. The molecule has 5 heteroatoms. The molecule has 1 aromatic heterocycles. The Hall–Kier alpha value is -1.85. The molecule has 0 fully saturated rings. The van der Waals surface area contributed by atoms with Gasteiger partial charge in [-0.1, -0.05) is 32.0 Å². The molecule has 0 aliphatic rings. The molecule has 0 spiro atoms. The molecule has 1 N–H and O–H groups in total. The number of amides is 1. The van der Waals surface area contributed by atoms with Crippen molar-refractivity contribution in [2.45, 2.75) is 26.5 Å². The third-order valence-corrected chi connectivity index (χ3v) is 4.42. The van der Waals surface area contributed by atoms with E-state index in [0.717, 1.165) is 11.3 Å². The summed E-state index contributed by atoms with van der Waals surface area (Å²) in [5.74, 6) is 1.02. The SMILES string of the molecule is COc1cccc(COCC(=O)NC(c2cccs2)C(C)C)c1.